The van der Waals surface area contributed by atoms with Gasteiger partial charge in [-0.2, -0.15) is 0 Å². The molecule has 2 heteroatoms. The quantitative estimate of drug-likeness (QED) is 0.791. The maximum absolute atomic E-state index is 3.70. The normalized spacial score (nSPS) is 15.9. The van der Waals surface area contributed by atoms with Crippen molar-refractivity contribution in [3.63, 3.8) is 0 Å². The number of halogens is 1. The average Bonchev–Trinajstić information content (AvgIpc) is 3.31. The van der Waals surface area contributed by atoms with Crippen molar-refractivity contribution in [3.8, 4) is 0 Å². The molecule has 1 aliphatic rings. The average molecular weight is 344 g/mol. The Morgan fingerprint density at radius 1 is 1.10 bits per heavy atom. The Morgan fingerprint density at radius 2 is 1.81 bits per heavy atom. The molecule has 0 spiro atoms. The number of hydrogen-bond donors (Lipinski definition) is 1. The third-order valence-corrected chi connectivity index (χ3v) is 4.83. The van der Waals surface area contributed by atoms with Crippen molar-refractivity contribution in [2.24, 2.45) is 0 Å². The molecule has 1 saturated carbocycles. The molecule has 0 heterocycles. The van der Waals surface area contributed by atoms with Gasteiger partial charge >= 0.3 is 0 Å². The van der Waals surface area contributed by atoms with Gasteiger partial charge in [0.05, 0.1) is 0 Å². The molecule has 1 unspecified atom stereocenters. The zero-order valence-electron chi connectivity index (χ0n) is 12.5. The molecule has 1 atom stereocenters. The Labute approximate surface area is 135 Å². The molecule has 1 N–H and O–H groups in total. The minimum atomic E-state index is 0.541. The molecular formula is C19H22BrN. The molecule has 1 fully saturated rings. The van der Waals surface area contributed by atoms with Crippen LogP contribution in [0.3, 0.4) is 0 Å². The molecule has 1 aliphatic carbocycles. The van der Waals surface area contributed by atoms with Crippen molar-refractivity contribution < 1.29 is 0 Å². The van der Waals surface area contributed by atoms with E-state index in [9.17, 15) is 0 Å². The smallest absolute Gasteiger partial charge is 0.0175 e. The fourth-order valence-corrected chi connectivity index (χ4v) is 3.01. The van der Waals surface area contributed by atoms with E-state index in [4.69, 9.17) is 0 Å². The predicted molar refractivity (Wildman–Crippen MR) is 92.8 cm³/mol. The molecule has 0 bridgehead atoms. The van der Waals surface area contributed by atoms with Gasteiger partial charge in [0.25, 0.3) is 0 Å². The summed E-state index contributed by atoms with van der Waals surface area (Å²) in [5.74, 6) is 0.541. The third kappa shape index (κ3) is 4.18. The standard InChI is InChI=1S/C19H22BrN/c1-14-4-2-3-5-16(14)12-17(13-21-19-10-11-19)15-6-8-18(20)9-7-15/h2-9,17,19,21H,10-13H2,1H3. The molecule has 0 amide bonds. The van der Waals surface area contributed by atoms with Crippen LogP contribution >= 0.6 is 15.9 Å². The van der Waals surface area contributed by atoms with Crippen LogP contribution < -0.4 is 5.32 Å². The second kappa shape index (κ2) is 6.76. The van der Waals surface area contributed by atoms with Crippen LogP contribution in [0.2, 0.25) is 0 Å². The summed E-state index contributed by atoms with van der Waals surface area (Å²) in [6, 6.07) is 18.3. The molecule has 0 saturated heterocycles. The van der Waals surface area contributed by atoms with Gasteiger partial charge in [0.2, 0.25) is 0 Å². The Kier molecular flexibility index (Phi) is 4.77. The van der Waals surface area contributed by atoms with Crippen LogP contribution in [0.5, 0.6) is 0 Å². The fraction of sp³-hybridized carbons (Fsp3) is 0.368. The van der Waals surface area contributed by atoms with Gasteiger partial charge in [-0.05, 0) is 55.0 Å². The Morgan fingerprint density at radius 3 is 2.48 bits per heavy atom. The summed E-state index contributed by atoms with van der Waals surface area (Å²) in [5.41, 5.74) is 4.28. The van der Waals surface area contributed by atoms with Gasteiger partial charge < -0.3 is 5.32 Å². The largest absolute Gasteiger partial charge is 0.313 e. The van der Waals surface area contributed by atoms with E-state index in [0.717, 1.165) is 23.5 Å². The van der Waals surface area contributed by atoms with Crippen LogP contribution in [0.15, 0.2) is 53.0 Å². The van der Waals surface area contributed by atoms with Crippen LogP contribution in [-0.4, -0.2) is 12.6 Å². The highest BCUT2D eigenvalue weighted by molar-refractivity contribution is 9.10. The van der Waals surface area contributed by atoms with E-state index in [1.807, 2.05) is 0 Å². The van der Waals surface area contributed by atoms with Gasteiger partial charge in [-0.25, -0.2) is 0 Å². The fourth-order valence-electron chi connectivity index (χ4n) is 2.74. The maximum Gasteiger partial charge on any atom is 0.0175 e. The van der Waals surface area contributed by atoms with Crippen LogP contribution in [0, 0.1) is 6.92 Å². The highest BCUT2D eigenvalue weighted by Crippen LogP contribution is 2.26. The van der Waals surface area contributed by atoms with E-state index in [2.05, 4.69) is 76.7 Å². The van der Waals surface area contributed by atoms with Crippen molar-refractivity contribution in [3.05, 3.63) is 69.7 Å². The monoisotopic (exact) mass is 343 g/mol. The molecule has 1 nitrogen and oxygen atoms in total. The lowest BCUT2D eigenvalue weighted by Crippen LogP contribution is -2.25. The Balaban J connectivity index is 1.77. The van der Waals surface area contributed by atoms with E-state index >= 15 is 0 Å². The summed E-state index contributed by atoms with van der Waals surface area (Å²) in [7, 11) is 0. The van der Waals surface area contributed by atoms with Crippen LogP contribution in [-0.2, 0) is 6.42 Å². The molecule has 0 aliphatic heterocycles. The lowest BCUT2D eigenvalue weighted by atomic mass is 9.90. The maximum atomic E-state index is 3.70. The topological polar surface area (TPSA) is 12.0 Å². The number of rotatable bonds is 6. The summed E-state index contributed by atoms with van der Waals surface area (Å²) in [5, 5.41) is 3.70. The third-order valence-electron chi connectivity index (χ3n) is 4.30. The van der Waals surface area contributed by atoms with E-state index in [-0.39, 0.29) is 0 Å². The highest BCUT2D eigenvalue weighted by Gasteiger charge is 2.22. The van der Waals surface area contributed by atoms with Crippen molar-refractivity contribution in [2.75, 3.05) is 6.54 Å². The summed E-state index contributed by atoms with van der Waals surface area (Å²) in [6.07, 6.45) is 3.79. The van der Waals surface area contributed by atoms with E-state index in [1.165, 1.54) is 29.5 Å². The molecule has 2 aromatic carbocycles. The number of benzene rings is 2. The predicted octanol–water partition coefficient (Wildman–Crippen LogP) is 4.84. The lowest BCUT2D eigenvalue weighted by molar-refractivity contribution is 0.576. The minimum absolute atomic E-state index is 0.541. The first-order chi connectivity index (χ1) is 10.2. The molecule has 2 aromatic rings. The number of aryl methyl sites for hydroxylation is 1. The van der Waals surface area contributed by atoms with Crippen molar-refractivity contribution in [1.82, 2.24) is 5.32 Å². The second-order valence-corrected chi connectivity index (χ2v) is 6.98. The molecule has 3 rings (SSSR count). The number of nitrogens with one attached hydrogen (secondary N) is 1. The van der Waals surface area contributed by atoms with Gasteiger partial charge in [-0.15, -0.1) is 0 Å². The first-order valence-electron chi connectivity index (χ1n) is 7.76. The second-order valence-electron chi connectivity index (χ2n) is 6.06. The van der Waals surface area contributed by atoms with Crippen molar-refractivity contribution in [1.29, 1.82) is 0 Å². The van der Waals surface area contributed by atoms with Crippen LogP contribution in [0.25, 0.3) is 0 Å². The zero-order chi connectivity index (χ0) is 14.7. The lowest BCUT2D eigenvalue weighted by Gasteiger charge is -2.19. The summed E-state index contributed by atoms with van der Waals surface area (Å²) >= 11 is 3.53. The molecule has 0 radical (unpaired) electrons. The molecule has 0 aromatic heterocycles. The van der Waals surface area contributed by atoms with Gasteiger partial charge in [-0.1, -0.05) is 52.3 Å². The van der Waals surface area contributed by atoms with Crippen LogP contribution in [0.4, 0.5) is 0 Å². The first kappa shape index (κ1) is 14.8. The van der Waals surface area contributed by atoms with Crippen molar-refractivity contribution in [2.45, 2.75) is 38.1 Å². The first-order valence-corrected chi connectivity index (χ1v) is 8.55. The molecular weight excluding hydrogens is 322 g/mol. The Bertz CT molecular complexity index is 587. The van der Waals surface area contributed by atoms with E-state index in [1.54, 1.807) is 0 Å². The summed E-state index contributed by atoms with van der Waals surface area (Å²) < 4.78 is 1.15. The molecule has 21 heavy (non-hydrogen) atoms. The molecule has 110 valence electrons. The zero-order valence-corrected chi connectivity index (χ0v) is 14.1. The highest BCUT2D eigenvalue weighted by atomic mass is 79.9. The van der Waals surface area contributed by atoms with Gasteiger partial charge in [0, 0.05) is 23.0 Å². The minimum Gasteiger partial charge on any atom is -0.313 e. The Hall–Kier alpha value is -1.12. The number of hydrogen-bond acceptors (Lipinski definition) is 1. The van der Waals surface area contributed by atoms with Gasteiger partial charge in [0.15, 0.2) is 0 Å². The van der Waals surface area contributed by atoms with Gasteiger partial charge in [0.1, 0.15) is 0 Å². The van der Waals surface area contributed by atoms with E-state index < -0.39 is 0 Å². The van der Waals surface area contributed by atoms with Gasteiger partial charge in [-0.3, -0.25) is 0 Å². The van der Waals surface area contributed by atoms with Crippen molar-refractivity contribution >= 4 is 15.9 Å². The van der Waals surface area contributed by atoms with Crippen LogP contribution in [0.1, 0.15) is 35.4 Å². The summed E-state index contributed by atoms with van der Waals surface area (Å²) in [4.78, 5) is 0. The van der Waals surface area contributed by atoms with E-state index in [0.29, 0.717) is 5.92 Å². The SMILES string of the molecule is Cc1ccccc1CC(CNC1CC1)c1ccc(Br)cc1. The summed E-state index contributed by atoms with van der Waals surface area (Å²) in [6.45, 7) is 3.28.